The molecule has 3 heterocycles. The van der Waals surface area contributed by atoms with Gasteiger partial charge in [-0.3, -0.25) is 9.48 Å². The molecule has 0 spiro atoms. The Hall–Kier alpha value is -2.15. The molecule has 1 amide bonds. The molecule has 0 aromatic carbocycles. The fraction of sp³-hybridized carbons (Fsp3) is 0.562. The Bertz CT molecular complexity index is 623. The van der Waals surface area contributed by atoms with Crippen LogP contribution in [0.15, 0.2) is 29.0 Å². The SMILES string of the molecule is Cc1cc(CC2COCC2NC(=O)CCCn2cccn2)on1. The van der Waals surface area contributed by atoms with E-state index in [0.717, 1.165) is 30.8 Å². The Balaban J connectivity index is 1.43. The third-order valence-corrected chi connectivity index (χ3v) is 4.04. The predicted molar refractivity (Wildman–Crippen MR) is 82.6 cm³/mol. The van der Waals surface area contributed by atoms with Crippen LogP contribution < -0.4 is 5.32 Å². The van der Waals surface area contributed by atoms with Crippen LogP contribution in [-0.2, 0) is 22.5 Å². The van der Waals surface area contributed by atoms with Gasteiger partial charge in [-0.05, 0) is 19.4 Å². The van der Waals surface area contributed by atoms with Gasteiger partial charge in [0.25, 0.3) is 0 Å². The number of carbonyl (C=O) groups is 1. The number of nitrogens with zero attached hydrogens (tertiary/aromatic N) is 3. The Morgan fingerprint density at radius 1 is 1.48 bits per heavy atom. The quantitative estimate of drug-likeness (QED) is 0.833. The summed E-state index contributed by atoms with van der Waals surface area (Å²) in [5, 5.41) is 11.1. The first kappa shape index (κ1) is 15.7. The van der Waals surface area contributed by atoms with Crippen molar-refractivity contribution in [3.05, 3.63) is 36.0 Å². The van der Waals surface area contributed by atoms with Gasteiger partial charge in [-0.15, -0.1) is 0 Å². The molecule has 124 valence electrons. The Kier molecular flexibility index (Phi) is 5.07. The molecule has 1 aliphatic heterocycles. The van der Waals surface area contributed by atoms with E-state index in [0.29, 0.717) is 19.6 Å². The molecule has 7 nitrogen and oxygen atoms in total. The number of hydrogen-bond acceptors (Lipinski definition) is 5. The summed E-state index contributed by atoms with van der Waals surface area (Å²) in [7, 11) is 0. The topological polar surface area (TPSA) is 82.2 Å². The maximum absolute atomic E-state index is 12.1. The van der Waals surface area contributed by atoms with Gasteiger partial charge < -0.3 is 14.6 Å². The molecule has 0 radical (unpaired) electrons. The average Bonchev–Trinajstić information content (AvgIpc) is 3.24. The van der Waals surface area contributed by atoms with Crippen LogP contribution in [0.5, 0.6) is 0 Å². The zero-order chi connectivity index (χ0) is 16.1. The summed E-state index contributed by atoms with van der Waals surface area (Å²) in [6.07, 6.45) is 5.64. The lowest BCUT2D eigenvalue weighted by Gasteiger charge is -2.18. The largest absolute Gasteiger partial charge is 0.379 e. The second-order valence-electron chi connectivity index (χ2n) is 5.98. The van der Waals surface area contributed by atoms with Crippen molar-refractivity contribution in [1.29, 1.82) is 0 Å². The summed E-state index contributed by atoms with van der Waals surface area (Å²) in [5.74, 6) is 1.14. The molecular formula is C16H22N4O3. The molecule has 7 heteroatoms. The minimum Gasteiger partial charge on any atom is -0.379 e. The van der Waals surface area contributed by atoms with E-state index in [2.05, 4.69) is 15.6 Å². The van der Waals surface area contributed by atoms with Gasteiger partial charge in [0.1, 0.15) is 5.76 Å². The van der Waals surface area contributed by atoms with Crippen molar-refractivity contribution in [2.75, 3.05) is 13.2 Å². The van der Waals surface area contributed by atoms with E-state index in [4.69, 9.17) is 9.26 Å². The van der Waals surface area contributed by atoms with Gasteiger partial charge in [0.05, 0.1) is 24.9 Å². The van der Waals surface area contributed by atoms with Gasteiger partial charge in [-0.2, -0.15) is 5.10 Å². The summed E-state index contributed by atoms with van der Waals surface area (Å²) in [4.78, 5) is 12.1. The molecule has 2 atom stereocenters. The van der Waals surface area contributed by atoms with Crippen molar-refractivity contribution in [2.24, 2.45) is 5.92 Å². The first-order chi connectivity index (χ1) is 11.2. The first-order valence-corrected chi connectivity index (χ1v) is 7.97. The fourth-order valence-corrected chi connectivity index (χ4v) is 2.84. The van der Waals surface area contributed by atoms with E-state index < -0.39 is 0 Å². The minimum absolute atomic E-state index is 0.0395. The number of carbonyl (C=O) groups excluding carboxylic acids is 1. The van der Waals surface area contributed by atoms with Crippen LogP contribution >= 0.6 is 0 Å². The van der Waals surface area contributed by atoms with Crippen LogP contribution in [0, 0.1) is 12.8 Å². The number of aryl methyl sites for hydroxylation is 2. The molecule has 2 unspecified atom stereocenters. The van der Waals surface area contributed by atoms with Crippen LogP contribution in [0.25, 0.3) is 0 Å². The summed E-state index contributed by atoms with van der Waals surface area (Å²) in [5.41, 5.74) is 0.873. The predicted octanol–water partition coefficient (Wildman–Crippen LogP) is 1.33. The molecule has 1 fully saturated rings. The lowest BCUT2D eigenvalue weighted by Crippen LogP contribution is -2.40. The normalized spacial score (nSPS) is 20.7. The number of hydrogen-bond donors (Lipinski definition) is 1. The van der Waals surface area contributed by atoms with E-state index >= 15 is 0 Å². The van der Waals surface area contributed by atoms with Crippen LogP contribution in [0.1, 0.15) is 24.3 Å². The maximum atomic E-state index is 12.1. The summed E-state index contributed by atoms with van der Waals surface area (Å²) in [6.45, 7) is 3.85. The molecule has 23 heavy (non-hydrogen) atoms. The van der Waals surface area contributed by atoms with Gasteiger partial charge >= 0.3 is 0 Å². The second-order valence-corrected chi connectivity index (χ2v) is 5.98. The summed E-state index contributed by atoms with van der Waals surface area (Å²) in [6, 6.07) is 3.85. The van der Waals surface area contributed by atoms with Gasteiger partial charge in [0, 0.05) is 43.8 Å². The number of ether oxygens (including phenoxy) is 1. The average molecular weight is 318 g/mol. The molecule has 1 N–H and O–H groups in total. The van der Waals surface area contributed by atoms with Crippen molar-refractivity contribution >= 4 is 5.91 Å². The van der Waals surface area contributed by atoms with E-state index in [1.807, 2.05) is 29.9 Å². The molecular weight excluding hydrogens is 296 g/mol. The first-order valence-electron chi connectivity index (χ1n) is 7.97. The Labute approximate surface area is 135 Å². The van der Waals surface area contributed by atoms with E-state index in [1.165, 1.54) is 0 Å². The lowest BCUT2D eigenvalue weighted by molar-refractivity contribution is -0.122. The van der Waals surface area contributed by atoms with Gasteiger partial charge in [-0.25, -0.2) is 0 Å². The molecule has 2 aromatic rings. The van der Waals surface area contributed by atoms with E-state index in [9.17, 15) is 4.79 Å². The second kappa shape index (κ2) is 7.41. The van der Waals surface area contributed by atoms with Crippen molar-refractivity contribution in [1.82, 2.24) is 20.3 Å². The van der Waals surface area contributed by atoms with Crippen molar-refractivity contribution in [2.45, 2.75) is 38.8 Å². The van der Waals surface area contributed by atoms with Crippen LogP contribution in [-0.4, -0.2) is 40.1 Å². The Morgan fingerprint density at radius 2 is 2.39 bits per heavy atom. The van der Waals surface area contributed by atoms with Crippen LogP contribution in [0.3, 0.4) is 0 Å². The summed E-state index contributed by atoms with van der Waals surface area (Å²) < 4.78 is 12.6. The van der Waals surface area contributed by atoms with Crippen LogP contribution in [0.2, 0.25) is 0 Å². The Morgan fingerprint density at radius 3 is 3.13 bits per heavy atom. The number of aromatic nitrogens is 3. The third kappa shape index (κ3) is 4.41. The van der Waals surface area contributed by atoms with Crippen molar-refractivity contribution in [3.63, 3.8) is 0 Å². The van der Waals surface area contributed by atoms with Crippen LogP contribution in [0.4, 0.5) is 0 Å². The highest BCUT2D eigenvalue weighted by Gasteiger charge is 2.30. The van der Waals surface area contributed by atoms with Gasteiger partial charge in [-0.1, -0.05) is 5.16 Å². The molecule has 3 rings (SSSR count). The zero-order valence-corrected chi connectivity index (χ0v) is 13.3. The highest BCUT2D eigenvalue weighted by Crippen LogP contribution is 2.20. The molecule has 2 aromatic heterocycles. The smallest absolute Gasteiger partial charge is 0.220 e. The zero-order valence-electron chi connectivity index (χ0n) is 13.3. The van der Waals surface area contributed by atoms with Gasteiger partial charge in [0.15, 0.2) is 0 Å². The number of nitrogens with one attached hydrogen (secondary N) is 1. The molecule has 1 aliphatic rings. The number of amides is 1. The monoisotopic (exact) mass is 318 g/mol. The van der Waals surface area contributed by atoms with E-state index in [-0.39, 0.29) is 17.9 Å². The molecule has 1 saturated heterocycles. The number of rotatable bonds is 7. The molecule has 0 saturated carbocycles. The van der Waals surface area contributed by atoms with Crippen molar-refractivity contribution < 1.29 is 14.1 Å². The van der Waals surface area contributed by atoms with E-state index in [1.54, 1.807) is 6.20 Å². The third-order valence-electron chi connectivity index (χ3n) is 4.04. The minimum atomic E-state index is 0.0395. The molecule has 0 aliphatic carbocycles. The summed E-state index contributed by atoms with van der Waals surface area (Å²) >= 11 is 0. The van der Waals surface area contributed by atoms with Gasteiger partial charge in [0.2, 0.25) is 5.91 Å². The standard InChI is InChI=1S/C16H22N4O3/c1-12-8-14(23-19-12)9-13-10-22-11-15(13)18-16(21)4-2-6-20-7-3-5-17-20/h3,5,7-8,13,15H,2,4,6,9-11H2,1H3,(H,18,21). The fourth-order valence-electron chi connectivity index (χ4n) is 2.84. The van der Waals surface area contributed by atoms with Crippen molar-refractivity contribution in [3.8, 4) is 0 Å². The molecule has 0 bridgehead atoms. The maximum Gasteiger partial charge on any atom is 0.220 e. The highest BCUT2D eigenvalue weighted by atomic mass is 16.5. The lowest BCUT2D eigenvalue weighted by atomic mass is 9.98. The highest BCUT2D eigenvalue weighted by molar-refractivity contribution is 5.76.